The fourth-order valence-electron chi connectivity index (χ4n) is 1.07. The molecule has 63 valence electrons. The van der Waals surface area contributed by atoms with E-state index in [1.807, 2.05) is 6.29 Å². The van der Waals surface area contributed by atoms with Crippen molar-refractivity contribution in [3.8, 4) is 0 Å². The van der Waals surface area contributed by atoms with Gasteiger partial charge in [0.25, 0.3) is 0 Å². The summed E-state index contributed by atoms with van der Waals surface area (Å²) in [5.41, 5.74) is 0. The van der Waals surface area contributed by atoms with Crippen molar-refractivity contribution in [2.24, 2.45) is 5.92 Å². The molecule has 1 nitrogen and oxygen atoms in total. The average Bonchev–Trinajstić information content (AvgIpc) is 2.03. The molecule has 0 amide bonds. The van der Waals surface area contributed by atoms with Gasteiger partial charge in [0.05, 0.1) is 0 Å². The van der Waals surface area contributed by atoms with E-state index in [9.17, 15) is 4.79 Å². The molecule has 0 fully saturated rings. The summed E-state index contributed by atoms with van der Waals surface area (Å²) in [4.78, 5) is 10.3. The highest BCUT2D eigenvalue weighted by molar-refractivity contribution is 5.54. The van der Waals surface area contributed by atoms with Gasteiger partial charge in [-0.25, -0.2) is 0 Å². The number of rotatable bonds is 7. The highest BCUT2D eigenvalue weighted by atomic mass is 16.1. The number of hydrogen-bond acceptors (Lipinski definition) is 1. The monoisotopic (exact) mass is 153 g/mol. The standard InChI is InChI=1S/C10H17O/c1-3-5-6-8-10(9-11)7-4-2/h4,10H,2-3,5-8H2,1H3. The molecule has 0 aliphatic rings. The van der Waals surface area contributed by atoms with Gasteiger partial charge >= 0.3 is 0 Å². The summed E-state index contributed by atoms with van der Waals surface area (Å²) in [6.07, 6.45) is 9.16. The fraction of sp³-hybridized carbons (Fsp3) is 0.700. The predicted octanol–water partition coefficient (Wildman–Crippen LogP) is 2.87. The largest absolute Gasteiger partial charge is 0.291 e. The van der Waals surface area contributed by atoms with Gasteiger partial charge in [-0.1, -0.05) is 32.3 Å². The normalized spacial score (nSPS) is 12.5. The molecule has 0 aromatic carbocycles. The lowest BCUT2D eigenvalue weighted by Gasteiger charge is -2.04. The van der Waals surface area contributed by atoms with Crippen LogP contribution in [-0.4, -0.2) is 6.29 Å². The number of allylic oxidation sites excluding steroid dienone is 1. The molecule has 0 aliphatic heterocycles. The van der Waals surface area contributed by atoms with Gasteiger partial charge in [0.2, 0.25) is 6.29 Å². The van der Waals surface area contributed by atoms with E-state index < -0.39 is 0 Å². The molecule has 1 unspecified atom stereocenters. The zero-order valence-electron chi connectivity index (χ0n) is 7.31. The Morgan fingerprint density at radius 1 is 1.55 bits per heavy atom. The van der Waals surface area contributed by atoms with Crippen LogP contribution in [-0.2, 0) is 4.79 Å². The van der Waals surface area contributed by atoms with E-state index in [-0.39, 0.29) is 5.92 Å². The summed E-state index contributed by atoms with van der Waals surface area (Å²) in [5.74, 6) is 0.0963. The van der Waals surface area contributed by atoms with Crippen molar-refractivity contribution < 1.29 is 4.79 Å². The van der Waals surface area contributed by atoms with Crippen LogP contribution in [0.25, 0.3) is 0 Å². The SMILES string of the molecule is C=CCC([C]=O)CCCCC. The number of unbranched alkanes of at least 4 members (excludes halogenated alkanes) is 2. The molecule has 11 heavy (non-hydrogen) atoms. The number of hydrogen-bond donors (Lipinski definition) is 0. The topological polar surface area (TPSA) is 17.1 Å². The molecule has 0 saturated carbocycles. The summed E-state index contributed by atoms with van der Waals surface area (Å²) >= 11 is 0. The van der Waals surface area contributed by atoms with E-state index in [4.69, 9.17) is 0 Å². The summed E-state index contributed by atoms with van der Waals surface area (Å²) in [7, 11) is 0. The van der Waals surface area contributed by atoms with Crippen LogP contribution in [0.2, 0.25) is 0 Å². The van der Waals surface area contributed by atoms with E-state index in [0.717, 1.165) is 19.3 Å². The molecule has 1 heteroatoms. The lowest BCUT2D eigenvalue weighted by Crippen LogP contribution is -1.99. The van der Waals surface area contributed by atoms with E-state index in [1.165, 1.54) is 12.8 Å². The molecule has 1 radical (unpaired) electrons. The third-order valence-electron chi connectivity index (χ3n) is 1.77. The van der Waals surface area contributed by atoms with Crippen LogP contribution in [0.15, 0.2) is 12.7 Å². The van der Waals surface area contributed by atoms with Gasteiger partial charge < -0.3 is 0 Å². The molecule has 0 aromatic heterocycles. The second-order valence-electron chi connectivity index (χ2n) is 2.83. The maximum absolute atomic E-state index is 10.3. The first-order chi connectivity index (χ1) is 5.35. The minimum Gasteiger partial charge on any atom is -0.291 e. The van der Waals surface area contributed by atoms with Gasteiger partial charge in [-0.15, -0.1) is 6.58 Å². The molecule has 0 rings (SSSR count). The van der Waals surface area contributed by atoms with Crippen LogP contribution in [0.5, 0.6) is 0 Å². The van der Waals surface area contributed by atoms with Gasteiger partial charge in [0.1, 0.15) is 0 Å². The Kier molecular flexibility index (Phi) is 7.11. The Bertz CT molecular complexity index is 107. The van der Waals surface area contributed by atoms with Gasteiger partial charge in [-0.3, -0.25) is 4.79 Å². The molecule has 0 N–H and O–H groups in total. The Morgan fingerprint density at radius 3 is 2.73 bits per heavy atom. The van der Waals surface area contributed by atoms with Gasteiger partial charge in [-0.2, -0.15) is 0 Å². The summed E-state index contributed by atoms with van der Waals surface area (Å²) in [6, 6.07) is 0. The Balaban J connectivity index is 3.35. The maximum atomic E-state index is 10.3. The fourth-order valence-corrected chi connectivity index (χ4v) is 1.07. The van der Waals surface area contributed by atoms with Crippen molar-refractivity contribution in [2.45, 2.75) is 39.0 Å². The van der Waals surface area contributed by atoms with E-state index >= 15 is 0 Å². The smallest absolute Gasteiger partial charge is 0.202 e. The van der Waals surface area contributed by atoms with Crippen molar-refractivity contribution in [1.82, 2.24) is 0 Å². The van der Waals surface area contributed by atoms with E-state index in [1.54, 1.807) is 6.08 Å². The van der Waals surface area contributed by atoms with Gasteiger partial charge in [0, 0.05) is 5.92 Å². The zero-order chi connectivity index (χ0) is 8.53. The molecule has 0 aliphatic carbocycles. The predicted molar refractivity (Wildman–Crippen MR) is 48.1 cm³/mol. The summed E-state index contributed by atoms with van der Waals surface area (Å²) in [5, 5.41) is 0. The molecular formula is C10H17O. The average molecular weight is 153 g/mol. The Labute approximate surface area is 69.5 Å². The minimum absolute atomic E-state index is 0.0963. The zero-order valence-corrected chi connectivity index (χ0v) is 7.31. The first-order valence-corrected chi connectivity index (χ1v) is 4.33. The van der Waals surface area contributed by atoms with Crippen LogP contribution in [0.3, 0.4) is 0 Å². The van der Waals surface area contributed by atoms with Crippen LogP contribution >= 0.6 is 0 Å². The number of carbonyl (C=O) groups excluding carboxylic acids is 1. The molecular weight excluding hydrogens is 136 g/mol. The second-order valence-corrected chi connectivity index (χ2v) is 2.83. The van der Waals surface area contributed by atoms with Crippen molar-refractivity contribution in [3.05, 3.63) is 12.7 Å². The van der Waals surface area contributed by atoms with E-state index in [2.05, 4.69) is 13.5 Å². The first-order valence-electron chi connectivity index (χ1n) is 4.33. The Morgan fingerprint density at radius 2 is 2.27 bits per heavy atom. The Hall–Kier alpha value is -0.590. The third kappa shape index (κ3) is 5.84. The lowest BCUT2D eigenvalue weighted by atomic mass is 10.00. The summed E-state index contributed by atoms with van der Waals surface area (Å²) < 4.78 is 0. The first kappa shape index (κ1) is 10.4. The minimum atomic E-state index is 0.0963. The lowest BCUT2D eigenvalue weighted by molar-refractivity contribution is 0.494. The molecule has 0 saturated heterocycles. The molecule has 1 atom stereocenters. The molecule has 0 bridgehead atoms. The molecule has 0 spiro atoms. The van der Waals surface area contributed by atoms with Crippen molar-refractivity contribution in [3.63, 3.8) is 0 Å². The van der Waals surface area contributed by atoms with Gasteiger partial charge in [-0.05, 0) is 12.8 Å². The van der Waals surface area contributed by atoms with Crippen LogP contribution in [0.4, 0.5) is 0 Å². The quantitative estimate of drug-likeness (QED) is 0.406. The van der Waals surface area contributed by atoms with Crippen molar-refractivity contribution in [1.29, 1.82) is 0 Å². The maximum Gasteiger partial charge on any atom is 0.202 e. The van der Waals surface area contributed by atoms with Crippen LogP contribution in [0.1, 0.15) is 39.0 Å². The van der Waals surface area contributed by atoms with Crippen LogP contribution < -0.4 is 0 Å². The van der Waals surface area contributed by atoms with E-state index in [0.29, 0.717) is 0 Å². The van der Waals surface area contributed by atoms with Gasteiger partial charge in [0.15, 0.2) is 0 Å². The molecule has 0 aromatic rings. The second kappa shape index (κ2) is 7.52. The third-order valence-corrected chi connectivity index (χ3v) is 1.77. The highest BCUT2D eigenvalue weighted by Gasteiger charge is 2.04. The van der Waals surface area contributed by atoms with Crippen molar-refractivity contribution >= 4 is 6.29 Å². The molecule has 0 heterocycles. The van der Waals surface area contributed by atoms with Crippen LogP contribution in [0, 0.1) is 5.92 Å². The van der Waals surface area contributed by atoms with Crippen molar-refractivity contribution in [2.75, 3.05) is 0 Å². The summed E-state index contributed by atoms with van der Waals surface area (Å²) in [6.45, 7) is 5.76. The highest BCUT2D eigenvalue weighted by Crippen LogP contribution is 2.11.